The summed E-state index contributed by atoms with van der Waals surface area (Å²) < 4.78 is 1.14. The average molecular weight is 522 g/mol. The van der Waals surface area contributed by atoms with E-state index in [9.17, 15) is 4.79 Å². The third-order valence-electron chi connectivity index (χ3n) is 8.31. The van der Waals surface area contributed by atoms with Crippen LogP contribution in [0.5, 0.6) is 0 Å². The average Bonchev–Trinajstić information content (AvgIpc) is 3.54. The molecule has 1 saturated carbocycles. The molecule has 2 saturated heterocycles. The molecule has 3 atom stereocenters. The van der Waals surface area contributed by atoms with E-state index in [0.717, 1.165) is 59.0 Å². The monoisotopic (exact) mass is 521 g/mol. The van der Waals surface area contributed by atoms with E-state index in [2.05, 4.69) is 32.1 Å². The van der Waals surface area contributed by atoms with E-state index in [-0.39, 0.29) is 5.91 Å². The van der Waals surface area contributed by atoms with E-state index in [1.54, 1.807) is 23.1 Å². The Balaban J connectivity index is 1.07. The van der Waals surface area contributed by atoms with Crippen LogP contribution >= 0.6 is 23.1 Å². The normalized spacial score (nSPS) is 24.8. The number of hydrogen-bond donors (Lipinski definition) is 0. The largest absolute Gasteiger partial charge is 0.336 e. The van der Waals surface area contributed by atoms with Gasteiger partial charge < -0.3 is 4.90 Å². The van der Waals surface area contributed by atoms with Crippen molar-refractivity contribution in [3.8, 4) is 0 Å². The maximum atomic E-state index is 13.3. The van der Waals surface area contributed by atoms with E-state index in [4.69, 9.17) is 4.98 Å². The Morgan fingerprint density at radius 1 is 1.06 bits per heavy atom. The van der Waals surface area contributed by atoms with E-state index in [1.165, 1.54) is 50.1 Å². The Hall–Kier alpha value is -2.03. The number of benzene rings is 1. The van der Waals surface area contributed by atoms with Gasteiger partial charge in [0.1, 0.15) is 5.82 Å². The van der Waals surface area contributed by atoms with Gasteiger partial charge in [0, 0.05) is 61.4 Å². The summed E-state index contributed by atoms with van der Waals surface area (Å²) in [6.45, 7) is 3.93. The van der Waals surface area contributed by atoms with Crippen molar-refractivity contribution in [3.63, 3.8) is 0 Å². The Bertz CT molecular complexity index is 1210. The molecule has 0 N–H and O–H groups in total. The molecule has 3 aromatic rings. The third kappa shape index (κ3) is 5.31. The molecule has 1 amide bonds. The van der Waals surface area contributed by atoms with Gasteiger partial charge in [-0.1, -0.05) is 6.42 Å². The first kappa shape index (κ1) is 24.3. The molecule has 0 bridgehead atoms. The molecule has 1 aromatic carbocycles. The van der Waals surface area contributed by atoms with Crippen molar-refractivity contribution in [1.29, 1.82) is 0 Å². The fourth-order valence-corrected chi connectivity index (χ4v) is 7.76. The molecule has 2 aliphatic heterocycles. The quantitative estimate of drug-likeness (QED) is 0.409. The molecule has 36 heavy (non-hydrogen) atoms. The lowest BCUT2D eigenvalue weighted by Crippen LogP contribution is -2.56. The lowest BCUT2D eigenvalue weighted by atomic mass is 9.99. The van der Waals surface area contributed by atoms with Crippen molar-refractivity contribution in [3.05, 3.63) is 47.0 Å². The topological polar surface area (TPSA) is 62.2 Å². The molecule has 2 aromatic heterocycles. The van der Waals surface area contributed by atoms with Crippen LogP contribution in [0.1, 0.15) is 59.7 Å². The highest BCUT2D eigenvalue weighted by atomic mass is 32.2. The molecule has 8 heteroatoms. The summed E-state index contributed by atoms with van der Waals surface area (Å²) in [5.74, 6) is 2.50. The molecule has 4 heterocycles. The van der Waals surface area contributed by atoms with Gasteiger partial charge in [-0.25, -0.2) is 15.0 Å². The Kier molecular flexibility index (Phi) is 7.27. The van der Waals surface area contributed by atoms with Gasteiger partial charge in [-0.15, -0.1) is 23.1 Å². The number of piperazine rings is 1. The first-order valence-electron chi connectivity index (χ1n) is 13.4. The Morgan fingerprint density at radius 3 is 2.72 bits per heavy atom. The van der Waals surface area contributed by atoms with Gasteiger partial charge in [-0.2, -0.15) is 0 Å². The number of fused-ring (bicyclic) bond motifs is 2. The van der Waals surface area contributed by atoms with Gasteiger partial charge in [0.2, 0.25) is 0 Å². The van der Waals surface area contributed by atoms with Gasteiger partial charge in [-0.05, 0) is 74.9 Å². The molecular weight excluding hydrogens is 486 g/mol. The summed E-state index contributed by atoms with van der Waals surface area (Å²) in [6, 6.07) is 6.66. The number of aromatic nitrogens is 3. The molecule has 6 nitrogen and oxygen atoms in total. The standard InChI is InChI=1S/C28H35N5OS2/c1-35-23-16-29-26(30-17-23)13-19-5-6-20(12-19)14-27-31-24-8-7-21(15-25(24)36-27)28(34)33-11-10-32-9-3-2-4-22(32)18-33/h7-8,15-17,19-20,22H,2-6,9-14,18H2,1H3/t19-,20-,22-/m0/s1. The van der Waals surface area contributed by atoms with E-state index in [0.29, 0.717) is 17.9 Å². The highest BCUT2D eigenvalue weighted by molar-refractivity contribution is 7.98. The number of thioether (sulfide) groups is 1. The van der Waals surface area contributed by atoms with Crippen LogP contribution in [-0.2, 0) is 12.8 Å². The summed E-state index contributed by atoms with van der Waals surface area (Å²) >= 11 is 3.46. The number of amides is 1. The summed E-state index contributed by atoms with van der Waals surface area (Å²) in [4.78, 5) is 33.1. The second-order valence-corrected chi connectivity index (χ2v) is 12.7. The van der Waals surface area contributed by atoms with E-state index < -0.39 is 0 Å². The lowest BCUT2D eigenvalue weighted by molar-refractivity contribution is 0.0372. The molecule has 0 spiro atoms. The first-order valence-corrected chi connectivity index (χ1v) is 15.5. The fraction of sp³-hybridized carbons (Fsp3) is 0.571. The molecule has 3 fully saturated rings. The maximum absolute atomic E-state index is 13.3. The second kappa shape index (κ2) is 10.8. The summed E-state index contributed by atoms with van der Waals surface area (Å²) in [5, 5.41) is 1.21. The molecule has 0 unspecified atom stereocenters. The number of rotatable bonds is 6. The predicted octanol–water partition coefficient (Wildman–Crippen LogP) is 5.32. The molecular formula is C28H35N5OS2. The van der Waals surface area contributed by atoms with Gasteiger partial charge in [0.15, 0.2) is 0 Å². The molecule has 3 aliphatic rings. The minimum atomic E-state index is 0.184. The maximum Gasteiger partial charge on any atom is 0.254 e. The van der Waals surface area contributed by atoms with Crippen LogP contribution in [0.4, 0.5) is 0 Å². The van der Waals surface area contributed by atoms with Gasteiger partial charge in [0.05, 0.1) is 15.2 Å². The zero-order valence-corrected chi connectivity index (χ0v) is 22.7. The highest BCUT2D eigenvalue weighted by Gasteiger charge is 2.31. The fourth-order valence-electron chi connectivity index (χ4n) is 6.32. The first-order chi connectivity index (χ1) is 17.6. The molecule has 6 rings (SSSR count). The smallest absolute Gasteiger partial charge is 0.254 e. The number of piperidine rings is 1. The van der Waals surface area contributed by atoms with Crippen molar-refractivity contribution in [1.82, 2.24) is 24.8 Å². The van der Waals surface area contributed by atoms with Gasteiger partial charge in [0.25, 0.3) is 5.91 Å². The zero-order valence-electron chi connectivity index (χ0n) is 21.1. The van der Waals surface area contributed by atoms with Gasteiger partial charge >= 0.3 is 0 Å². The molecule has 1 aliphatic carbocycles. The van der Waals surface area contributed by atoms with Crippen LogP contribution < -0.4 is 0 Å². The van der Waals surface area contributed by atoms with Crippen LogP contribution in [0.3, 0.4) is 0 Å². The van der Waals surface area contributed by atoms with Crippen molar-refractivity contribution < 1.29 is 4.79 Å². The van der Waals surface area contributed by atoms with Crippen LogP contribution in [-0.4, -0.2) is 69.1 Å². The third-order valence-corrected chi connectivity index (χ3v) is 10.0. The Labute approximate surface area is 221 Å². The van der Waals surface area contributed by atoms with Crippen molar-refractivity contribution >= 4 is 39.2 Å². The number of carbonyl (C=O) groups is 1. The summed E-state index contributed by atoms with van der Waals surface area (Å²) in [6.07, 6.45) is 15.5. The second-order valence-electron chi connectivity index (χ2n) is 10.7. The van der Waals surface area contributed by atoms with Gasteiger partial charge in [-0.3, -0.25) is 9.69 Å². The molecule has 0 radical (unpaired) electrons. The zero-order chi connectivity index (χ0) is 24.5. The number of hydrogen-bond acceptors (Lipinski definition) is 7. The van der Waals surface area contributed by atoms with Crippen LogP contribution in [0, 0.1) is 11.8 Å². The van der Waals surface area contributed by atoms with E-state index in [1.807, 2.05) is 24.5 Å². The van der Waals surface area contributed by atoms with Crippen molar-refractivity contribution in [2.24, 2.45) is 11.8 Å². The minimum absolute atomic E-state index is 0.184. The van der Waals surface area contributed by atoms with Crippen LogP contribution in [0.15, 0.2) is 35.5 Å². The van der Waals surface area contributed by atoms with Crippen LogP contribution in [0.2, 0.25) is 0 Å². The SMILES string of the molecule is CSc1cnc(C[C@H]2CC[C@H](Cc3nc4ccc(C(=O)N5CCN6CCCC[C@H]6C5)cc4s3)C2)nc1. The predicted molar refractivity (Wildman–Crippen MR) is 147 cm³/mol. The minimum Gasteiger partial charge on any atom is -0.336 e. The summed E-state index contributed by atoms with van der Waals surface area (Å²) in [5.41, 5.74) is 1.84. The number of nitrogens with zero attached hydrogens (tertiary/aromatic N) is 5. The lowest BCUT2D eigenvalue weighted by Gasteiger charge is -2.44. The molecule has 190 valence electrons. The highest BCUT2D eigenvalue weighted by Crippen LogP contribution is 2.36. The van der Waals surface area contributed by atoms with Crippen molar-refractivity contribution in [2.75, 3.05) is 32.4 Å². The van der Waals surface area contributed by atoms with Crippen LogP contribution in [0.25, 0.3) is 10.2 Å². The van der Waals surface area contributed by atoms with E-state index >= 15 is 0 Å². The van der Waals surface area contributed by atoms with Crippen molar-refractivity contribution in [2.45, 2.75) is 62.3 Å². The number of thiazole rings is 1. The summed E-state index contributed by atoms with van der Waals surface area (Å²) in [7, 11) is 0. The number of carbonyl (C=O) groups excluding carboxylic acids is 1. The Morgan fingerprint density at radius 2 is 1.89 bits per heavy atom.